The molecule has 0 spiro atoms. The molecule has 1 aromatic heterocycles. The van der Waals surface area contributed by atoms with Crippen LogP contribution in [0.25, 0.3) is 0 Å². The summed E-state index contributed by atoms with van der Waals surface area (Å²) in [5.41, 5.74) is 1.68. The zero-order valence-electron chi connectivity index (χ0n) is 20.5. The van der Waals surface area contributed by atoms with Crippen LogP contribution in [0.1, 0.15) is 35.3 Å². The number of fused-ring (bicyclic) bond motifs is 1. The van der Waals surface area contributed by atoms with E-state index in [2.05, 4.69) is 20.2 Å². The number of hydrogen-bond donors (Lipinski definition) is 1. The van der Waals surface area contributed by atoms with Gasteiger partial charge in [0.25, 0.3) is 5.91 Å². The summed E-state index contributed by atoms with van der Waals surface area (Å²) >= 11 is 12.2. The van der Waals surface area contributed by atoms with E-state index in [0.717, 1.165) is 39.0 Å². The number of rotatable bonds is 5. The molecule has 3 aliphatic heterocycles. The van der Waals surface area contributed by atoms with E-state index in [0.29, 0.717) is 64.6 Å². The van der Waals surface area contributed by atoms with E-state index in [-0.39, 0.29) is 18.0 Å². The van der Waals surface area contributed by atoms with Crippen molar-refractivity contribution in [2.75, 3.05) is 51.9 Å². The van der Waals surface area contributed by atoms with Gasteiger partial charge in [-0.05, 0) is 44.4 Å². The molecule has 0 radical (unpaired) electrons. The first kappa shape index (κ1) is 25.5. The Kier molecular flexibility index (Phi) is 7.83. The molecule has 11 heteroatoms. The minimum absolute atomic E-state index is 0.116. The third kappa shape index (κ3) is 5.26. The van der Waals surface area contributed by atoms with Crippen LogP contribution >= 0.6 is 23.2 Å². The fourth-order valence-corrected chi connectivity index (χ4v) is 5.64. The van der Waals surface area contributed by atoms with Crippen LogP contribution in [-0.4, -0.2) is 90.4 Å². The van der Waals surface area contributed by atoms with Crippen LogP contribution in [0.3, 0.4) is 0 Å². The molecule has 0 saturated carbocycles. The quantitative estimate of drug-likeness (QED) is 0.615. The molecule has 2 atom stereocenters. The maximum absolute atomic E-state index is 13.6. The Balaban J connectivity index is 1.29. The van der Waals surface area contributed by atoms with E-state index in [9.17, 15) is 4.79 Å². The normalized spacial score (nSPS) is 23.3. The van der Waals surface area contributed by atoms with Crippen LogP contribution in [-0.2, 0) is 9.47 Å². The molecule has 5 rings (SSSR count). The summed E-state index contributed by atoms with van der Waals surface area (Å²) in [6, 6.07) is 6.18. The molecule has 36 heavy (non-hydrogen) atoms. The van der Waals surface area contributed by atoms with Crippen molar-refractivity contribution in [2.24, 2.45) is 0 Å². The number of aromatic nitrogens is 2. The lowest BCUT2D eigenvalue weighted by Crippen LogP contribution is -2.60. The number of anilines is 2. The lowest BCUT2D eigenvalue weighted by Gasteiger charge is -2.49. The standard InChI is InChI=1S/C25H31Cl2N5O4/c1-15-22(29-25(34-2)30-23(15)28-16-3-4-18(26)19(27)13-16)24(33)31-8-5-17(6-9-31)32-10-12-36-21-14-35-11-7-20(21)32/h3-4,13,17,20-21H,5-12,14H2,1-2H3,(H,28,29,30)/t20-,21+/m1/s1. The number of amides is 1. The predicted molar refractivity (Wildman–Crippen MR) is 138 cm³/mol. The third-order valence-electron chi connectivity index (χ3n) is 7.29. The molecule has 0 aliphatic carbocycles. The highest BCUT2D eigenvalue weighted by Gasteiger charge is 2.39. The van der Waals surface area contributed by atoms with Crippen molar-refractivity contribution in [1.29, 1.82) is 0 Å². The van der Waals surface area contributed by atoms with Gasteiger partial charge in [0, 0.05) is 49.6 Å². The number of methoxy groups -OCH3 is 1. The Morgan fingerprint density at radius 2 is 1.92 bits per heavy atom. The highest BCUT2D eigenvalue weighted by Crippen LogP contribution is 2.31. The van der Waals surface area contributed by atoms with Gasteiger partial charge in [-0.1, -0.05) is 23.2 Å². The fourth-order valence-electron chi connectivity index (χ4n) is 5.35. The monoisotopic (exact) mass is 535 g/mol. The first-order chi connectivity index (χ1) is 17.4. The van der Waals surface area contributed by atoms with Crippen LogP contribution in [0.2, 0.25) is 10.0 Å². The van der Waals surface area contributed by atoms with Crippen molar-refractivity contribution in [1.82, 2.24) is 19.8 Å². The second kappa shape index (κ2) is 11.1. The number of piperidine rings is 1. The Morgan fingerprint density at radius 1 is 1.11 bits per heavy atom. The van der Waals surface area contributed by atoms with Gasteiger partial charge in [-0.25, -0.2) is 0 Å². The average Bonchev–Trinajstić information content (AvgIpc) is 2.91. The molecule has 1 aromatic carbocycles. The molecule has 0 bridgehead atoms. The minimum atomic E-state index is -0.116. The summed E-state index contributed by atoms with van der Waals surface area (Å²) in [5.74, 6) is 0.368. The summed E-state index contributed by atoms with van der Waals surface area (Å²) in [6.07, 6.45) is 3.00. The molecule has 9 nitrogen and oxygen atoms in total. The van der Waals surface area contributed by atoms with Gasteiger partial charge in [-0.3, -0.25) is 9.69 Å². The third-order valence-corrected chi connectivity index (χ3v) is 8.03. The number of likely N-dealkylation sites (tertiary alicyclic amines) is 1. The number of halogens is 2. The lowest BCUT2D eigenvalue weighted by atomic mass is 9.95. The minimum Gasteiger partial charge on any atom is -0.467 e. The van der Waals surface area contributed by atoms with Gasteiger partial charge in [-0.2, -0.15) is 9.97 Å². The van der Waals surface area contributed by atoms with Crippen molar-refractivity contribution in [3.63, 3.8) is 0 Å². The van der Waals surface area contributed by atoms with Gasteiger partial charge in [0.05, 0.1) is 36.5 Å². The van der Waals surface area contributed by atoms with Crippen LogP contribution in [0.4, 0.5) is 11.5 Å². The summed E-state index contributed by atoms with van der Waals surface area (Å²) in [5, 5.41) is 4.10. The van der Waals surface area contributed by atoms with E-state index in [1.54, 1.807) is 18.2 Å². The number of nitrogens with one attached hydrogen (secondary N) is 1. The molecule has 3 fully saturated rings. The molecule has 194 valence electrons. The first-order valence-corrected chi connectivity index (χ1v) is 13.1. The van der Waals surface area contributed by atoms with Gasteiger partial charge < -0.3 is 24.4 Å². The number of carbonyl (C=O) groups is 1. The van der Waals surface area contributed by atoms with Crippen molar-refractivity contribution in [2.45, 2.75) is 44.4 Å². The lowest BCUT2D eigenvalue weighted by molar-refractivity contribution is -0.148. The van der Waals surface area contributed by atoms with E-state index in [1.165, 1.54) is 7.11 Å². The molecule has 3 saturated heterocycles. The summed E-state index contributed by atoms with van der Waals surface area (Å²) in [7, 11) is 1.49. The van der Waals surface area contributed by atoms with Gasteiger partial charge in [0.1, 0.15) is 11.5 Å². The van der Waals surface area contributed by atoms with E-state index in [4.69, 9.17) is 37.4 Å². The zero-order valence-corrected chi connectivity index (χ0v) is 22.0. The topological polar surface area (TPSA) is 89.1 Å². The molecule has 1 N–H and O–H groups in total. The van der Waals surface area contributed by atoms with Crippen LogP contribution in [0.15, 0.2) is 18.2 Å². The second-order valence-electron chi connectivity index (χ2n) is 9.39. The molecular weight excluding hydrogens is 505 g/mol. The number of ether oxygens (including phenoxy) is 3. The highest BCUT2D eigenvalue weighted by atomic mass is 35.5. The Morgan fingerprint density at radius 3 is 2.67 bits per heavy atom. The molecule has 1 amide bonds. The molecule has 2 aromatic rings. The second-order valence-corrected chi connectivity index (χ2v) is 10.2. The predicted octanol–water partition coefficient (Wildman–Crippen LogP) is 3.94. The number of morpholine rings is 1. The van der Waals surface area contributed by atoms with Gasteiger partial charge >= 0.3 is 6.01 Å². The average molecular weight is 536 g/mol. The summed E-state index contributed by atoms with van der Waals surface area (Å²) < 4.78 is 16.9. The van der Waals surface area contributed by atoms with Crippen molar-refractivity contribution in [3.8, 4) is 6.01 Å². The number of benzene rings is 1. The molecule has 4 heterocycles. The zero-order chi connectivity index (χ0) is 25.2. The maximum atomic E-state index is 13.6. The number of carbonyl (C=O) groups excluding carboxylic acids is 1. The van der Waals surface area contributed by atoms with Gasteiger partial charge in [0.15, 0.2) is 0 Å². The van der Waals surface area contributed by atoms with Crippen LogP contribution in [0.5, 0.6) is 6.01 Å². The maximum Gasteiger partial charge on any atom is 0.318 e. The summed E-state index contributed by atoms with van der Waals surface area (Å²) in [6.45, 7) is 6.31. The van der Waals surface area contributed by atoms with Gasteiger partial charge in [0.2, 0.25) is 0 Å². The molecule has 0 unspecified atom stereocenters. The molecule has 3 aliphatic rings. The van der Waals surface area contributed by atoms with E-state index in [1.807, 2.05) is 11.8 Å². The molecular formula is C25H31Cl2N5O4. The Bertz CT molecular complexity index is 1110. The number of nitrogens with zero attached hydrogens (tertiary/aromatic N) is 4. The highest BCUT2D eigenvalue weighted by molar-refractivity contribution is 6.42. The van der Waals surface area contributed by atoms with E-state index < -0.39 is 0 Å². The SMILES string of the molecule is COc1nc(Nc2ccc(Cl)c(Cl)c2)c(C)c(C(=O)N2CCC(N3CCO[C@H]4COCC[C@H]43)CC2)n1. The first-order valence-electron chi connectivity index (χ1n) is 12.3. The van der Waals surface area contributed by atoms with E-state index >= 15 is 0 Å². The smallest absolute Gasteiger partial charge is 0.318 e. The largest absolute Gasteiger partial charge is 0.467 e. The Labute approximate surface area is 221 Å². The van der Waals surface area contributed by atoms with Gasteiger partial charge in [-0.15, -0.1) is 0 Å². The summed E-state index contributed by atoms with van der Waals surface area (Å²) in [4.78, 5) is 26.9. The van der Waals surface area contributed by atoms with Crippen molar-refractivity contribution >= 4 is 40.6 Å². The number of hydrogen-bond acceptors (Lipinski definition) is 8. The van der Waals surface area contributed by atoms with Crippen molar-refractivity contribution < 1.29 is 19.0 Å². The van der Waals surface area contributed by atoms with Crippen LogP contribution < -0.4 is 10.1 Å². The van der Waals surface area contributed by atoms with Crippen LogP contribution in [0, 0.1) is 6.92 Å². The van der Waals surface area contributed by atoms with Crippen molar-refractivity contribution in [3.05, 3.63) is 39.5 Å². The Hall–Kier alpha value is -2.17. The fraction of sp³-hybridized carbons (Fsp3) is 0.560.